The average molecular weight is 354 g/mol. The minimum atomic E-state index is 0.555. The lowest BCUT2D eigenvalue weighted by Crippen LogP contribution is -2.30. The molecule has 0 fully saturated rings. The minimum absolute atomic E-state index is 0.555. The van der Waals surface area contributed by atoms with E-state index in [2.05, 4.69) is 36.7 Å². The Morgan fingerprint density at radius 2 is 2.12 bits per heavy atom. The summed E-state index contributed by atoms with van der Waals surface area (Å²) in [6.45, 7) is 3.42. The van der Waals surface area contributed by atoms with Crippen molar-refractivity contribution in [3.8, 4) is 0 Å². The van der Waals surface area contributed by atoms with Gasteiger partial charge in [-0.3, -0.25) is 4.99 Å². The van der Waals surface area contributed by atoms with Crippen LogP contribution in [0.25, 0.3) is 10.9 Å². The van der Waals surface area contributed by atoms with Crippen LogP contribution in [-0.4, -0.2) is 46.2 Å². The largest absolute Gasteiger partial charge is 0.369 e. The SMILES string of the molecule is NCCc1nc(NCCC2=CSC3=NCCCN23)c2ccccc2n1. The highest BCUT2D eigenvalue weighted by Gasteiger charge is 2.24. The number of hydrogen-bond acceptors (Lipinski definition) is 7. The van der Waals surface area contributed by atoms with Crippen molar-refractivity contribution in [3.05, 3.63) is 41.2 Å². The summed E-state index contributed by atoms with van der Waals surface area (Å²) in [4.78, 5) is 16.2. The molecule has 0 amide bonds. The summed E-state index contributed by atoms with van der Waals surface area (Å²) < 4.78 is 0. The van der Waals surface area contributed by atoms with E-state index in [1.54, 1.807) is 11.8 Å². The van der Waals surface area contributed by atoms with Gasteiger partial charge in [0.15, 0.2) is 5.17 Å². The number of anilines is 1. The number of thioether (sulfide) groups is 1. The third-order valence-electron chi connectivity index (χ3n) is 4.36. The predicted molar refractivity (Wildman–Crippen MR) is 105 cm³/mol. The van der Waals surface area contributed by atoms with Gasteiger partial charge in [-0.2, -0.15) is 0 Å². The molecule has 1 aromatic carbocycles. The van der Waals surface area contributed by atoms with E-state index >= 15 is 0 Å². The summed E-state index contributed by atoms with van der Waals surface area (Å²) in [6, 6.07) is 8.11. The molecule has 0 saturated carbocycles. The molecular weight excluding hydrogens is 332 g/mol. The summed E-state index contributed by atoms with van der Waals surface area (Å²) in [5, 5.41) is 7.93. The van der Waals surface area contributed by atoms with Gasteiger partial charge < -0.3 is 16.0 Å². The highest BCUT2D eigenvalue weighted by atomic mass is 32.2. The van der Waals surface area contributed by atoms with Gasteiger partial charge >= 0.3 is 0 Å². The van der Waals surface area contributed by atoms with Crippen molar-refractivity contribution in [3.63, 3.8) is 0 Å². The first-order valence-corrected chi connectivity index (χ1v) is 9.60. The summed E-state index contributed by atoms with van der Waals surface area (Å²) in [5.41, 5.74) is 7.98. The minimum Gasteiger partial charge on any atom is -0.369 e. The Morgan fingerprint density at radius 1 is 1.20 bits per heavy atom. The molecule has 0 radical (unpaired) electrons. The number of fused-ring (bicyclic) bond motifs is 2. The second kappa shape index (κ2) is 7.41. The molecule has 0 unspecified atom stereocenters. The molecule has 25 heavy (non-hydrogen) atoms. The zero-order chi connectivity index (χ0) is 17.1. The molecule has 2 aliphatic rings. The van der Waals surface area contributed by atoms with E-state index in [9.17, 15) is 0 Å². The predicted octanol–water partition coefficient (Wildman–Crippen LogP) is 2.58. The van der Waals surface area contributed by atoms with Crippen LogP contribution in [0.2, 0.25) is 0 Å². The Morgan fingerprint density at radius 3 is 3.04 bits per heavy atom. The van der Waals surface area contributed by atoms with Crippen molar-refractivity contribution in [1.29, 1.82) is 0 Å². The van der Waals surface area contributed by atoms with Crippen LogP contribution in [0.5, 0.6) is 0 Å². The first-order valence-electron chi connectivity index (χ1n) is 8.72. The van der Waals surface area contributed by atoms with Crippen LogP contribution >= 0.6 is 11.8 Å². The van der Waals surface area contributed by atoms with Gasteiger partial charge in [0.05, 0.1) is 5.52 Å². The van der Waals surface area contributed by atoms with E-state index in [-0.39, 0.29) is 0 Å². The second-order valence-electron chi connectivity index (χ2n) is 6.12. The topological polar surface area (TPSA) is 79.4 Å². The highest BCUT2D eigenvalue weighted by molar-refractivity contribution is 8.16. The van der Waals surface area contributed by atoms with Crippen molar-refractivity contribution in [1.82, 2.24) is 14.9 Å². The molecule has 2 aliphatic heterocycles. The van der Waals surface area contributed by atoms with Gasteiger partial charge in [-0.05, 0) is 30.5 Å². The van der Waals surface area contributed by atoms with Crippen molar-refractivity contribution < 1.29 is 0 Å². The van der Waals surface area contributed by atoms with E-state index in [1.807, 2.05) is 18.2 Å². The molecule has 2 aromatic rings. The fraction of sp³-hybridized carbons (Fsp3) is 0.389. The number of aliphatic imine (C=N–C) groups is 1. The number of para-hydroxylation sites is 1. The molecule has 7 heteroatoms. The summed E-state index contributed by atoms with van der Waals surface area (Å²) in [6.07, 6.45) is 2.78. The van der Waals surface area contributed by atoms with Crippen LogP contribution in [0.4, 0.5) is 5.82 Å². The van der Waals surface area contributed by atoms with E-state index < -0.39 is 0 Å². The molecule has 1 aromatic heterocycles. The standard InChI is InChI=1S/C18H22N6S/c19-8-6-16-22-15-5-2-1-4-14(15)17(23-16)20-10-7-13-12-25-18-21-9-3-11-24(13)18/h1-2,4-5,12H,3,6-11,19H2,(H,20,22,23). The monoisotopic (exact) mass is 354 g/mol. The molecule has 4 rings (SSSR count). The van der Waals surface area contributed by atoms with Gasteiger partial charge in [0.25, 0.3) is 0 Å². The molecule has 6 nitrogen and oxygen atoms in total. The Kier molecular flexibility index (Phi) is 4.85. The van der Waals surface area contributed by atoms with Crippen molar-refractivity contribution in [2.75, 3.05) is 31.5 Å². The van der Waals surface area contributed by atoms with Crippen molar-refractivity contribution in [2.45, 2.75) is 19.3 Å². The van der Waals surface area contributed by atoms with Crippen LogP contribution in [0.3, 0.4) is 0 Å². The lowest BCUT2D eigenvalue weighted by atomic mass is 10.2. The van der Waals surface area contributed by atoms with Gasteiger partial charge in [0.2, 0.25) is 0 Å². The first kappa shape index (κ1) is 16.4. The van der Waals surface area contributed by atoms with E-state index in [0.29, 0.717) is 13.0 Å². The van der Waals surface area contributed by atoms with Gasteiger partial charge in [0, 0.05) is 43.6 Å². The molecule has 0 atom stereocenters. The maximum Gasteiger partial charge on any atom is 0.167 e. The quantitative estimate of drug-likeness (QED) is 0.830. The van der Waals surface area contributed by atoms with Gasteiger partial charge in [-0.15, -0.1) is 0 Å². The van der Waals surface area contributed by atoms with Crippen LogP contribution in [0.1, 0.15) is 18.7 Å². The van der Waals surface area contributed by atoms with Gasteiger partial charge in [0.1, 0.15) is 11.6 Å². The first-order chi connectivity index (χ1) is 12.3. The molecule has 0 bridgehead atoms. The normalized spacial score (nSPS) is 16.6. The summed E-state index contributed by atoms with van der Waals surface area (Å²) in [5.74, 6) is 1.69. The smallest absolute Gasteiger partial charge is 0.167 e. The van der Waals surface area contributed by atoms with Gasteiger partial charge in [-0.25, -0.2) is 9.97 Å². The van der Waals surface area contributed by atoms with E-state index in [0.717, 1.165) is 60.2 Å². The second-order valence-corrected chi connectivity index (χ2v) is 6.95. The highest BCUT2D eigenvalue weighted by Crippen LogP contribution is 2.30. The van der Waals surface area contributed by atoms with Crippen molar-refractivity contribution in [2.24, 2.45) is 10.7 Å². The molecular formula is C18H22N6S. The van der Waals surface area contributed by atoms with Crippen LogP contribution in [0.15, 0.2) is 40.4 Å². The van der Waals surface area contributed by atoms with Gasteiger partial charge in [-0.1, -0.05) is 23.9 Å². The number of nitrogens with zero attached hydrogens (tertiary/aromatic N) is 4. The number of benzene rings is 1. The van der Waals surface area contributed by atoms with Crippen LogP contribution in [-0.2, 0) is 6.42 Å². The lowest BCUT2D eigenvalue weighted by Gasteiger charge is -2.25. The number of hydrogen-bond donors (Lipinski definition) is 2. The van der Waals surface area contributed by atoms with E-state index in [1.165, 1.54) is 5.70 Å². The summed E-state index contributed by atoms with van der Waals surface area (Å²) >= 11 is 1.74. The maximum absolute atomic E-state index is 5.67. The molecule has 0 aliphatic carbocycles. The Labute approximate surface area is 151 Å². The number of rotatable bonds is 6. The number of nitrogens with two attached hydrogens (primary N) is 1. The Hall–Kier alpha value is -2.12. The van der Waals surface area contributed by atoms with Crippen LogP contribution < -0.4 is 11.1 Å². The summed E-state index contributed by atoms with van der Waals surface area (Å²) in [7, 11) is 0. The fourth-order valence-electron chi connectivity index (χ4n) is 3.14. The Balaban J connectivity index is 1.47. The third-order valence-corrected chi connectivity index (χ3v) is 5.31. The molecule has 3 heterocycles. The number of nitrogens with one attached hydrogen (secondary N) is 1. The third kappa shape index (κ3) is 3.48. The average Bonchev–Trinajstić information content (AvgIpc) is 3.05. The molecule has 0 saturated heterocycles. The molecule has 130 valence electrons. The molecule has 3 N–H and O–H groups in total. The van der Waals surface area contributed by atoms with E-state index in [4.69, 9.17) is 5.73 Å². The maximum atomic E-state index is 5.67. The lowest BCUT2D eigenvalue weighted by molar-refractivity contribution is 0.473. The molecule has 0 spiro atoms. The van der Waals surface area contributed by atoms with Crippen LogP contribution in [0, 0.1) is 0 Å². The van der Waals surface area contributed by atoms with Crippen molar-refractivity contribution >= 4 is 33.7 Å². The fourth-order valence-corrected chi connectivity index (χ4v) is 4.13. The zero-order valence-electron chi connectivity index (χ0n) is 14.1. The Bertz CT molecular complexity index is 831. The number of aromatic nitrogens is 2. The number of amidine groups is 1. The zero-order valence-corrected chi connectivity index (χ0v) is 14.9.